The minimum atomic E-state index is -0.0603. The second-order valence-electron chi connectivity index (χ2n) is 20.8. The number of hydrogen-bond donors (Lipinski definition) is 0. The van der Waals surface area contributed by atoms with Crippen LogP contribution >= 0.6 is 11.3 Å². The van der Waals surface area contributed by atoms with Crippen molar-refractivity contribution in [1.82, 2.24) is 4.57 Å². The lowest BCUT2D eigenvalue weighted by Crippen LogP contribution is -2.60. The lowest BCUT2D eigenvalue weighted by atomic mass is 9.43. The fourth-order valence-corrected chi connectivity index (χ4v) is 13.6. The van der Waals surface area contributed by atoms with E-state index in [0.717, 1.165) is 0 Å². The Balaban J connectivity index is 1.19. The van der Waals surface area contributed by atoms with Gasteiger partial charge in [-0.1, -0.05) is 148 Å². The summed E-state index contributed by atoms with van der Waals surface area (Å²) in [4.78, 5) is 2.70. The molecule has 0 saturated carbocycles. The number of benzene rings is 9. The maximum Gasteiger partial charge on any atom is 0.333 e. The lowest BCUT2D eigenvalue weighted by Gasteiger charge is -2.42. The van der Waals surface area contributed by atoms with Crippen molar-refractivity contribution in [3.8, 4) is 39.1 Å². The van der Waals surface area contributed by atoms with E-state index < -0.39 is 0 Å². The van der Waals surface area contributed by atoms with Gasteiger partial charge in [-0.2, -0.15) is 0 Å². The maximum absolute atomic E-state index is 2.70. The molecule has 0 bridgehead atoms. The monoisotopic (exact) mass is 864 g/mol. The van der Waals surface area contributed by atoms with Gasteiger partial charge in [-0.25, -0.2) is 0 Å². The number of hydrogen-bond acceptors (Lipinski definition) is 2. The van der Waals surface area contributed by atoms with Crippen LogP contribution < -0.4 is 15.7 Å². The first-order valence-electron chi connectivity index (χ1n) is 23.7. The molecule has 4 heterocycles. The highest BCUT2D eigenvalue weighted by molar-refractivity contribution is 7.25. The summed E-state index contributed by atoms with van der Waals surface area (Å²) in [6.07, 6.45) is 2.41. The van der Waals surface area contributed by atoms with Crippen molar-refractivity contribution in [3.63, 3.8) is 0 Å². The molecule has 66 heavy (non-hydrogen) atoms. The number of aromatic nitrogens is 1. The van der Waals surface area contributed by atoms with Gasteiger partial charge >= 0.3 is 6.85 Å². The SMILES string of the molecule is Cc1ccc(N2B3c4cc(C)ccc4-n4c5ccc6ccccc6c5c5c(-c6ccccc6-c6ccccc6)cc(c3c54)-c3cc4c(cc32)sc2cc3c(cc24)C(C)(C)CCC3(C)C)cc1. The Morgan fingerprint density at radius 3 is 1.98 bits per heavy atom. The van der Waals surface area contributed by atoms with Gasteiger partial charge in [0, 0.05) is 53.6 Å². The minimum absolute atomic E-state index is 0.0603. The third-order valence-corrected chi connectivity index (χ3v) is 17.1. The smallest absolute Gasteiger partial charge is 0.333 e. The van der Waals surface area contributed by atoms with Crippen LogP contribution in [0.1, 0.15) is 62.8 Å². The third kappa shape index (κ3) is 5.19. The molecule has 0 saturated heterocycles. The molecule has 316 valence electrons. The van der Waals surface area contributed by atoms with Crippen LogP contribution in [0.2, 0.25) is 0 Å². The van der Waals surface area contributed by atoms with Crippen LogP contribution in [-0.2, 0) is 10.8 Å². The summed E-state index contributed by atoms with van der Waals surface area (Å²) in [7, 11) is 0. The predicted molar refractivity (Wildman–Crippen MR) is 286 cm³/mol. The zero-order chi connectivity index (χ0) is 44.4. The first-order chi connectivity index (χ1) is 32.0. The summed E-state index contributed by atoms with van der Waals surface area (Å²) in [5.74, 6) is 0. The Hall–Kier alpha value is -6.88. The zero-order valence-electron chi connectivity index (χ0n) is 38.4. The molecule has 0 fully saturated rings. The van der Waals surface area contributed by atoms with Crippen molar-refractivity contribution in [3.05, 3.63) is 186 Å². The molecule has 2 aromatic heterocycles. The van der Waals surface area contributed by atoms with Crippen LogP contribution in [0.3, 0.4) is 0 Å². The van der Waals surface area contributed by atoms with E-state index in [1.54, 1.807) is 0 Å². The molecule has 3 aliphatic rings. The Bertz CT molecular complexity index is 3900. The summed E-state index contributed by atoms with van der Waals surface area (Å²) < 4.78 is 5.38. The molecule has 0 N–H and O–H groups in total. The molecule has 0 radical (unpaired) electrons. The van der Waals surface area contributed by atoms with Crippen LogP contribution in [0.5, 0.6) is 0 Å². The van der Waals surface area contributed by atoms with Gasteiger partial charge in [0.2, 0.25) is 0 Å². The van der Waals surface area contributed by atoms with Crippen molar-refractivity contribution in [2.24, 2.45) is 0 Å². The Kier molecular flexibility index (Phi) is 7.78. The molecule has 2 nitrogen and oxygen atoms in total. The highest BCUT2D eigenvalue weighted by Gasteiger charge is 2.45. The maximum atomic E-state index is 2.70. The van der Waals surface area contributed by atoms with Crippen molar-refractivity contribution >= 4 is 93.2 Å². The quantitative estimate of drug-likeness (QED) is 0.161. The minimum Gasteiger partial charge on any atom is -0.376 e. The molecule has 2 aliphatic heterocycles. The van der Waals surface area contributed by atoms with E-state index in [-0.39, 0.29) is 17.7 Å². The molecule has 0 unspecified atom stereocenters. The molecule has 1 aliphatic carbocycles. The average Bonchev–Trinajstić information content (AvgIpc) is 3.88. The fourth-order valence-electron chi connectivity index (χ4n) is 12.5. The van der Waals surface area contributed by atoms with E-state index in [0.29, 0.717) is 0 Å². The standard InChI is InChI=1S/C62H49BN2S/c1-36-20-24-40(25-21-36)65-54-35-56-45(46-33-49-50(34-55(46)66-56)62(5,6)29-28-61(49,3)4)31-44(54)48-32-47(43-19-13-12-17-41(43)38-14-8-7-9-15-38)58-57-42-18-11-10-16-39(42)23-27-53(57)64-52-26-22-37(2)30-51(52)63(65)59(48)60(58)64/h7-27,30-35H,28-29H2,1-6H3. The highest BCUT2D eigenvalue weighted by Crippen LogP contribution is 2.54. The Labute approximate surface area is 390 Å². The van der Waals surface area contributed by atoms with Gasteiger partial charge in [0.1, 0.15) is 0 Å². The average molecular weight is 865 g/mol. The fraction of sp³-hybridized carbons (Fsp3) is 0.161. The molecular weight excluding hydrogens is 816 g/mol. The van der Waals surface area contributed by atoms with Gasteiger partial charge in [-0.05, 0) is 153 Å². The van der Waals surface area contributed by atoms with Gasteiger partial charge < -0.3 is 9.38 Å². The van der Waals surface area contributed by atoms with E-state index in [2.05, 4.69) is 215 Å². The van der Waals surface area contributed by atoms with E-state index in [1.807, 2.05) is 11.3 Å². The molecule has 0 atom stereocenters. The lowest BCUT2D eigenvalue weighted by molar-refractivity contribution is 0.332. The van der Waals surface area contributed by atoms with E-state index in [4.69, 9.17) is 0 Å². The van der Waals surface area contributed by atoms with Gasteiger partial charge in [0.15, 0.2) is 0 Å². The highest BCUT2D eigenvalue weighted by atomic mass is 32.1. The molecule has 14 rings (SSSR count). The van der Waals surface area contributed by atoms with Crippen molar-refractivity contribution in [2.75, 3.05) is 4.81 Å². The Morgan fingerprint density at radius 2 is 1.18 bits per heavy atom. The van der Waals surface area contributed by atoms with E-state index in [1.165, 1.54) is 149 Å². The predicted octanol–water partition coefficient (Wildman–Crippen LogP) is 15.8. The number of rotatable bonds is 3. The number of aryl methyl sites for hydroxylation is 2. The first-order valence-corrected chi connectivity index (χ1v) is 24.6. The first kappa shape index (κ1) is 38.4. The molecule has 0 spiro atoms. The van der Waals surface area contributed by atoms with Crippen LogP contribution in [0, 0.1) is 13.8 Å². The number of anilines is 2. The zero-order valence-corrected chi connectivity index (χ0v) is 39.2. The van der Waals surface area contributed by atoms with Gasteiger partial charge in [0.25, 0.3) is 0 Å². The van der Waals surface area contributed by atoms with Crippen molar-refractivity contribution in [2.45, 2.75) is 65.2 Å². The van der Waals surface area contributed by atoms with Crippen molar-refractivity contribution in [1.29, 1.82) is 0 Å². The molecule has 4 heteroatoms. The van der Waals surface area contributed by atoms with Gasteiger partial charge in [-0.3, -0.25) is 0 Å². The van der Waals surface area contributed by atoms with E-state index >= 15 is 0 Å². The number of thiophene rings is 1. The largest absolute Gasteiger partial charge is 0.376 e. The van der Waals surface area contributed by atoms with Gasteiger partial charge in [-0.15, -0.1) is 11.3 Å². The normalized spacial score (nSPS) is 15.5. The molecular formula is C62H49BN2S. The van der Waals surface area contributed by atoms with Crippen molar-refractivity contribution < 1.29 is 0 Å². The summed E-state index contributed by atoms with van der Waals surface area (Å²) >= 11 is 1.97. The third-order valence-electron chi connectivity index (χ3n) is 15.9. The summed E-state index contributed by atoms with van der Waals surface area (Å²) in [6, 6.07) is 63.2. The molecule has 9 aromatic carbocycles. The topological polar surface area (TPSA) is 8.17 Å². The summed E-state index contributed by atoms with van der Waals surface area (Å²) in [5.41, 5.74) is 22.5. The number of fused-ring (bicyclic) bond motifs is 14. The van der Waals surface area contributed by atoms with Crippen LogP contribution in [0.4, 0.5) is 11.4 Å². The summed E-state index contributed by atoms with van der Waals surface area (Å²) in [5, 5.41) is 7.93. The summed E-state index contributed by atoms with van der Waals surface area (Å²) in [6.45, 7) is 14.2. The second-order valence-corrected chi connectivity index (χ2v) is 21.9. The van der Waals surface area contributed by atoms with Crippen LogP contribution in [-0.4, -0.2) is 11.4 Å². The molecule has 11 aromatic rings. The number of nitrogens with zero attached hydrogens (tertiary/aromatic N) is 2. The van der Waals surface area contributed by atoms with Crippen LogP contribution in [0.15, 0.2) is 164 Å². The Morgan fingerprint density at radius 1 is 0.500 bits per heavy atom. The van der Waals surface area contributed by atoms with E-state index in [9.17, 15) is 0 Å². The van der Waals surface area contributed by atoms with Crippen LogP contribution in [0.25, 0.3) is 91.8 Å². The second kappa shape index (κ2) is 13.4. The molecule has 0 amide bonds. The van der Waals surface area contributed by atoms with Gasteiger partial charge in [0.05, 0.1) is 11.0 Å².